The summed E-state index contributed by atoms with van der Waals surface area (Å²) in [5, 5.41) is 3.50. The van der Waals surface area contributed by atoms with E-state index in [-0.39, 0.29) is 17.7 Å². The van der Waals surface area contributed by atoms with Gasteiger partial charge < -0.3 is 19.7 Å². The number of amides is 2. The van der Waals surface area contributed by atoms with Crippen LogP contribution in [0.2, 0.25) is 5.02 Å². The van der Waals surface area contributed by atoms with Crippen molar-refractivity contribution in [1.29, 1.82) is 0 Å². The molecule has 148 valence electrons. The van der Waals surface area contributed by atoms with Crippen LogP contribution in [0.3, 0.4) is 0 Å². The van der Waals surface area contributed by atoms with Crippen LogP contribution in [0.1, 0.15) is 43.5 Å². The minimum Gasteiger partial charge on any atom is -0.347 e. The van der Waals surface area contributed by atoms with E-state index in [9.17, 15) is 9.59 Å². The highest BCUT2D eigenvalue weighted by Crippen LogP contribution is 2.31. The van der Waals surface area contributed by atoms with Gasteiger partial charge in [-0.1, -0.05) is 31.9 Å². The molecule has 2 aliphatic rings. The lowest BCUT2D eigenvalue weighted by molar-refractivity contribution is -0.188. The summed E-state index contributed by atoms with van der Waals surface area (Å²) in [6.07, 6.45) is 2.12. The second-order valence-electron chi connectivity index (χ2n) is 7.28. The molecule has 2 aliphatic heterocycles. The van der Waals surface area contributed by atoms with Gasteiger partial charge in [0.15, 0.2) is 5.79 Å². The third kappa shape index (κ3) is 4.62. The zero-order valence-electron chi connectivity index (χ0n) is 15.9. The van der Waals surface area contributed by atoms with E-state index in [4.69, 9.17) is 21.1 Å². The number of piperidine rings is 1. The van der Waals surface area contributed by atoms with Gasteiger partial charge in [0.05, 0.1) is 13.2 Å². The predicted octanol–water partition coefficient (Wildman–Crippen LogP) is 2.85. The van der Waals surface area contributed by atoms with Crippen molar-refractivity contribution in [1.82, 2.24) is 10.2 Å². The zero-order valence-corrected chi connectivity index (χ0v) is 16.6. The molecular weight excluding hydrogens is 368 g/mol. The van der Waals surface area contributed by atoms with Gasteiger partial charge in [0.1, 0.15) is 6.04 Å². The Hall–Kier alpha value is -1.63. The molecule has 6 nitrogen and oxygen atoms in total. The van der Waals surface area contributed by atoms with E-state index in [0.29, 0.717) is 49.7 Å². The van der Waals surface area contributed by atoms with Gasteiger partial charge >= 0.3 is 0 Å². The third-order valence-electron chi connectivity index (χ3n) is 5.52. The van der Waals surface area contributed by atoms with Gasteiger partial charge in [-0.05, 0) is 30.2 Å². The molecule has 2 amide bonds. The molecule has 7 heteroatoms. The van der Waals surface area contributed by atoms with Crippen LogP contribution in [0.25, 0.3) is 0 Å². The lowest BCUT2D eigenvalue weighted by Gasteiger charge is -2.39. The minimum atomic E-state index is -0.558. The van der Waals surface area contributed by atoms with E-state index in [2.05, 4.69) is 5.32 Å². The van der Waals surface area contributed by atoms with Gasteiger partial charge in [-0.15, -0.1) is 0 Å². The molecule has 1 N–H and O–H groups in total. The number of rotatable bonds is 5. The molecule has 27 heavy (non-hydrogen) atoms. The van der Waals surface area contributed by atoms with Crippen molar-refractivity contribution in [3.63, 3.8) is 0 Å². The number of hydrogen-bond donors (Lipinski definition) is 1. The Bertz CT molecular complexity index is 663. The van der Waals surface area contributed by atoms with Crippen molar-refractivity contribution in [2.45, 2.75) is 44.9 Å². The van der Waals surface area contributed by atoms with Crippen LogP contribution < -0.4 is 5.32 Å². The number of benzene rings is 1. The molecule has 0 bridgehead atoms. The lowest BCUT2D eigenvalue weighted by atomic mass is 9.95. The van der Waals surface area contributed by atoms with Crippen molar-refractivity contribution in [3.8, 4) is 0 Å². The number of likely N-dealkylation sites (tertiary alicyclic amines) is 1. The summed E-state index contributed by atoms with van der Waals surface area (Å²) in [6.45, 7) is 6.37. The largest absolute Gasteiger partial charge is 0.347 e. The smallest absolute Gasteiger partial charge is 0.251 e. The number of nitrogens with one attached hydrogen (secondary N) is 1. The highest BCUT2D eigenvalue weighted by molar-refractivity contribution is 6.30. The van der Waals surface area contributed by atoms with E-state index in [1.165, 1.54) is 0 Å². The first kappa shape index (κ1) is 20.1. The maximum Gasteiger partial charge on any atom is 0.251 e. The molecule has 1 spiro atoms. The Morgan fingerprint density at radius 1 is 1.19 bits per heavy atom. The van der Waals surface area contributed by atoms with Crippen molar-refractivity contribution >= 4 is 23.4 Å². The first-order valence-corrected chi connectivity index (χ1v) is 9.95. The van der Waals surface area contributed by atoms with Crippen LogP contribution >= 0.6 is 11.6 Å². The average molecular weight is 395 g/mol. The monoisotopic (exact) mass is 394 g/mol. The fourth-order valence-corrected chi connectivity index (χ4v) is 3.69. The molecule has 2 fully saturated rings. The van der Waals surface area contributed by atoms with Crippen LogP contribution in [0, 0.1) is 5.92 Å². The van der Waals surface area contributed by atoms with Crippen molar-refractivity contribution < 1.29 is 19.1 Å². The highest BCUT2D eigenvalue weighted by Gasteiger charge is 2.42. The zero-order chi connectivity index (χ0) is 19.4. The summed E-state index contributed by atoms with van der Waals surface area (Å²) in [4.78, 5) is 27.6. The maximum absolute atomic E-state index is 13.1. The van der Waals surface area contributed by atoms with Crippen LogP contribution in [0.15, 0.2) is 24.3 Å². The number of carbonyl (C=O) groups excluding carboxylic acids is 2. The second kappa shape index (κ2) is 8.59. The summed E-state index contributed by atoms with van der Waals surface area (Å²) in [5.41, 5.74) is 0.492. The average Bonchev–Trinajstić information content (AvgIpc) is 3.14. The summed E-state index contributed by atoms with van der Waals surface area (Å²) in [7, 11) is 0. The van der Waals surface area contributed by atoms with Crippen molar-refractivity contribution in [2.24, 2.45) is 5.92 Å². The fourth-order valence-electron chi connectivity index (χ4n) is 3.56. The van der Waals surface area contributed by atoms with Gasteiger partial charge in [-0.25, -0.2) is 0 Å². The van der Waals surface area contributed by atoms with Crippen LogP contribution in [0.4, 0.5) is 0 Å². The van der Waals surface area contributed by atoms with Crippen LogP contribution in [-0.4, -0.2) is 54.8 Å². The van der Waals surface area contributed by atoms with E-state index < -0.39 is 11.8 Å². The molecule has 2 unspecified atom stereocenters. The number of ether oxygens (including phenoxy) is 2. The lowest BCUT2D eigenvalue weighted by Crippen LogP contribution is -2.55. The molecule has 2 saturated heterocycles. The summed E-state index contributed by atoms with van der Waals surface area (Å²) in [5.74, 6) is -0.792. The fraction of sp³-hybridized carbons (Fsp3) is 0.600. The van der Waals surface area contributed by atoms with E-state index in [1.807, 2.05) is 18.7 Å². The molecule has 2 atom stereocenters. The first-order valence-electron chi connectivity index (χ1n) is 9.57. The normalized spacial score (nSPS) is 21.1. The first-order chi connectivity index (χ1) is 12.9. The Morgan fingerprint density at radius 2 is 1.78 bits per heavy atom. The van der Waals surface area contributed by atoms with Crippen LogP contribution in [-0.2, 0) is 14.3 Å². The summed E-state index contributed by atoms with van der Waals surface area (Å²) < 4.78 is 11.5. The topological polar surface area (TPSA) is 67.9 Å². The minimum absolute atomic E-state index is 0.0311. The summed E-state index contributed by atoms with van der Waals surface area (Å²) in [6, 6.07) is 6.10. The molecular formula is C20H27ClN2O4. The number of carbonyl (C=O) groups is 2. The van der Waals surface area contributed by atoms with E-state index >= 15 is 0 Å². The number of nitrogens with zero attached hydrogens (tertiary/aromatic N) is 1. The number of halogens is 1. The van der Waals surface area contributed by atoms with Gasteiger partial charge in [0, 0.05) is 36.5 Å². The van der Waals surface area contributed by atoms with Crippen LogP contribution in [0.5, 0.6) is 0 Å². The molecule has 1 aromatic rings. The molecule has 0 saturated carbocycles. The van der Waals surface area contributed by atoms with Gasteiger partial charge in [0.2, 0.25) is 5.91 Å². The predicted molar refractivity (Wildman–Crippen MR) is 103 cm³/mol. The summed E-state index contributed by atoms with van der Waals surface area (Å²) >= 11 is 5.89. The maximum atomic E-state index is 13.1. The quantitative estimate of drug-likeness (QED) is 0.833. The molecule has 0 aliphatic carbocycles. The van der Waals surface area contributed by atoms with Gasteiger partial charge in [0.25, 0.3) is 5.91 Å². The molecule has 1 aromatic carbocycles. The Morgan fingerprint density at radius 3 is 2.33 bits per heavy atom. The Kier molecular flexibility index (Phi) is 6.40. The molecule has 2 heterocycles. The Labute approximate surface area is 165 Å². The van der Waals surface area contributed by atoms with E-state index in [0.717, 1.165) is 6.42 Å². The standard InChI is InChI=1S/C20H27ClN2O4/c1-3-14(2)17(22-18(24)15-4-6-16(21)7-5-15)19(25)23-10-8-20(9-11-23)26-12-13-27-20/h4-7,14,17H,3,8-13H2,1-2H3,(H,22,24). The molecule has 0 radical (unpaired) electrons. The molecule has 3 rings (SSSR count). The Balaban J connectivity index is 1.66. The second-order valence-corrected chi connectivity index (χ2v) is 7.71. The van der Waals surface area contributed by atoms with Crippen molar-refractivity contribution in [3.05, 3.63) is 34.9 Å². The SMILES string of the molecule is CCC(C)C(NC(=O)c1ccc(Cl)cc1)C(=O)N1CCC2(CC1)OCCO2. The van der Waals surface area contributed by atoms with Crippen molar-refractivity contribution in [2.75, 3.05) is 26.3 Å². The van der Waals surface area contributed by atoms with Gasteiger partial charge in [-0.3, -0.25) is 9.59 Å². The van der Waals surface area contributed by atoms with Gasteiger partial charge in [-0.2, -0.15) is 0 Å². The third-order valence-corrected chi connectivity index (χ3v) is 5.77. The highest BCUT2D eigenvalue weighted by atomic mass is 35.5. The number of hydrogen-bond acceptors (Lipinski definition) is 4. The van der Waals surface area contributed by atoms with E-state index in [1.54, 1.807) is 24.3 Å². The molecule has 0 aromatic heterocycles.